The zero-order valence-electron chi connectivity index (χ0n) is 18.2. The first-order chi connectivity index (χ1) is 16.5. The second kappa shape index (κ2) is 12.1. The van der Waals surface area contributed by atoms with Gasteiger partial charge in [-0.2, -0.15) is 0 Å². The van der Waals surface area contributed by atoms with Crippen molar-refractivity contribution in [2.75, 3.05) is 26.4 Å². The fourth-order valence-corrected chi connectivity index (χ4v) is 2.96. The predicted octanol–water partition coefficient (Wildman–Crippen LogP) is 2.75. The molecule has 2 rings (SSSR count). The first kappa shape index (κ1) is 26.7. The molecule has 35 heavy (non-hydrogen) atoms. The monoisotopic (exact) mass is 497 g/mol. The van der Waals surface area contributed by atoms with Crippen molar-refractivity contribution in [2.24, 2.45) is 5.41 Å². The van der Waals surface area contributed by atoms with Crippen LogP contribution in [0.5, 0.6) is 0 Å². The summed E-state index contributed by atoms with van der Waals surface area (Å²) in [6, 6.07) is 12.8. The molecule has 15 heteroatoms. The van der Waals surface area contributed by atoms with E-state index in [1.165, 1.54) is 19.1 Å². The molecule has 0 radical (unpaired) electrons. The lowest BCUT2D eigenvalue weighted by Crippen LogP contribution is -2.44. The van der Waals surface area contributed by atoms with Gasteiger partial charge in [0.1, 0.15) is 32.2 Å². The number of benzene rings is 2. The highest BCUT2D eigenvalue weighted by Crippen LogP contribution is 2.28. The maximum Gasteiger partial charge on any atom is 0.313 e. The van der Waals surface area contributed by atoms with Gasteiger partial charge < -0.3 is 19.2 Å². The first-order valence-electron chi connectivity index (χ1n) is 9.86. The van der Waals surface area contributed by atoms with Gasteiger partial charge in [0.25, 0.3) is 15.3 Å². The average molecular weight is 497 g/mol. The van der Waals surface area contributed by atoms with Gasteiger partial charge in [0, 0.05) is 5.56 Å². The van der Waals surface area contributed by atoms with Crippen LogP contribution in [0, 0.1) is 41.6 Å². The summed E-state index contributed by atoms with van der Waals surface area (Å²) in [5.74, 6) is -2.57. The van der Waals surface area contributed by atoms with Crippen LogP contribution < -0.4 is 0 Å². The van der Waals surface area contributed by atoms with Gasteiger partial charge in [0.05, 0.1) is 11.3 Å². The Labute approximate surface area is 196 Å². The summed E-state index contributed by atoms with van der Waals surface area (Å²) in [7, 11) is 0. The van der Waals surface area contributed by atoms with E-state index in [1.807, 2.05) is 0 Å². The van der Waals surface area contributed by atoms with Gasteiger partial charge in [-0.1, -0.05) is 42.5 Å². The van der Waals surface area contributed by atoms with E-state index in [2.05, 4.69) is 14.5 Å². The van der Waals surface area contributed by atoms with Crippen molar-refractivity contribution >= 4 is 5.97 Å². The molecule has 14 nitrogen and oxygen atoms in total. The molecule has 0 heterocycles. The Kier molecular flexibility index (Phi) is 9.19. The minimum absolute atomic E-state index is 0.238. The second-order valence-corrected chi connectivity index (χ2v) is 7.43. The van der Waals surface area contributed by atoms with Crippen molar-refractivity contribution in [3.63, 3.8) is 0 Å². The standard InChI is InChI=1S/C20H20FN3O11/c1-14(16-7-8-17(18(21)9-16)15-5-3-2-4-6-15)19(25)32-10-20(11-33-22(26)27,12-34-23(28)29)13-35-24(30)31/h2-9,14H,10-13H2,1H3/t14-/m1/s1. The molecule has 0 saturated heterocycles. The van der Waals surface area contributed by atoms with Gasteiger partial charge in [-0.25, -0.2) is 4.39 Å². The van der Waals surface area contributed by atoms with Gasteiger partial charge in [0.15, 0.2) is 0 Å². The number of nitrogens with zero attached hydrogens (tertiary/aromatic N) is 3. The molecule has 0 spiro atoms. The summed E-state index contributed by atoms with van der Waals surface area (Å²) in [6.45, 7) is -2.39. The summed E-state index contributed by atoms with van der Waals surface area (Å²) in [6.07, 6.45) is 0. The highest BCUT2D eigenvalue weighted by atomic mass is 19.1. The third-order valence-corrected chi connectivity index (χ3v) is 4.88. The molecule has 2 aromatic rings. The molecule has 0 saturated carbocycles. The summed E-state index contributed by atoms with van der Waals surface area (Å²) in [4.78, 5) is 57.0. The van der Waals surface area contributed by atoms with Crippen molar-refractivity contribution < 1.29 is 43.7 Å². The summed E-state index contributed by atoms with van der Waals surface area (Å²) < 4.78 is 19.8. The zero-order chi connectivity index (χ0) is 26.0. The first-order valence-corrected chi connectivity index (χ1v) is 9.86. The van der Waals surface area contributed by atoms with Crippen molar-refractivity contribution in [3.8, 4) is 11.1 Å². The number of carbonyl (C=O) groups is 1. The molecule has 188 valence electrons. The quantitative estimate of drug-likeness (QED) is 0.212. The largest absolute Gasteiger partial charge is 0.464 e. The Bertz CT molecular complexity index is 1020. The van der Waals surface area contributed by atoms with Crippen molar-refractivity contribution in [2.45, 2.75) is 12.8 Å². The topological polar surface area (TPSA) is 183 Å². The van der Waals surface area contributed by atoms with Crippen LogP contribution in [0.4, 0.5) is 4.39 Å². The molecule has 0 bridgehead atoms. The van der Waals surface area contributed by atoms with E-state index in [-0.39, 0.29) is 5.56 Å². The van der Waals surface area contributed by atoms with E-state index < -0.39 is 64.8 Å². The smallest absolute Gasteiger partial charge is 0.313 e. The zero-order valence-corrected chi connectivity index (χ0v) is 18.2. The number of halogens is 1. The van der Waals surface area contributed by atoms with Gasteiger partial charge in [0.2, 0.25) is 0 Å². The van der Waals surface area contributed by atoms with Crippen molar-refractivity contribution in [1.82, 2.24) is 0 Å². The van der Waals surface area contributed by atoms with Crippen LogP contribution in [0.25, 0.3) is 11.1 Å². The molecule has 0 amide bonds. The van der Waals surface area contributed by atoms with Gasteiger partial charge in [-0.05, 0) is 24.1 Å². The lowest BCUT2D eigenvalue weighted by molar-refractivity contribution is -0.782. The van der Waals surface area contributed by atoms with Crippen LogP contribution in [0.1, 0.15) is 18.4 Å². The maximum atomic E-state index is 14.7. The van der Waals surface area contributed by atoms with E-state index in [1.54, 1.807) is 30.3 Å². The van der Waals surface area contributed by atoms with Crippen molar-refractivity contribution in [3.05, 3.63) is 90.3 Å². The predicted molar refractivity (Wildman–Crippen MR) is 112 cm³/mol. The molecule has 1 atom stereocenters. The van der Waals surface area contributed by atoms with E-state index in [0.29, 0.717) is 11.1 Å². The average Bonchev–Trinajstić information content (AvgIpc) is 2.82. The minimum Gasteiger partial charge on any atom is -0.464 e. The lowest BCUT2D eigenvalue weighted by atomic mass is 9.92. The summed E-state index contributed by atoms with van der Waals surface area (Å²) in [5, 5.41) is 28.1. The van der Waals surface area contributed by atoms with Gasteiger partial charge in [-0.3, -0.25) is 4.79 Å². The molecule has 0 fully saturated rings. The van der Waals surface area contributed by atoms with E-state index in [4.69, 9.17) is 4.74 Å². The number of hydrogen-bond acceptors (Lipinski definition) is 11. The Hall–Kier alpha value is -4.56. The summed E-state index contributed by atoms with van der Waals surface area (Å²) in [5.41, 5.74) is -0.813. The van der Waals surface area contributed by atoms with Gasteiger partial charge >= 0.3 is 5.97 Å². The molecule has 0 N–H and O–H groups in total. The van der Waals surface area contributed by atoms with Crippen molar-refractivity contribution in [1.29, 1.82) is 0 Å². The fourth-order valence-electron chi connectivity index (χ4n) is 2.96. The normalized spacial score (nSPS) is 11.7. The Morgan fingerprint density at radius 1 is 0.886 bits per heavy atom. The van der Waals surface area contributed by atoms with Crippen LogP contribution in [0.2, 0.25) is 0 Å². The van der Waals surface area contributed by atoms with Crippen LogP contribution >= 0.6 is 0 Å². The molecule has 0 aromatic heterocycles. The number of rotatable bonds is 14. The maximum absolute atomic E-state index is 14.7. The third-order valence-electron chi connectivity index (χ3n) is 4.88. The number of ether oxygens (including phenoxy) is 1. The van der Waals surface area contributed by atoms with Gasteiger partial charge in [-0.15, -0.1) is 30.3 Å². The lowest BCUT2D eigenvalue weighted by Gasteiger charge is -2.30. The Morgan fingerprint density at radius 3 is 1.86 bits per heavy atom. The van der Waals surface area contributed by atoms with Crippen LogP contribution in [0.15, 0.2) is 48.5 Å². The molecular weight excluding hydrogens is 477 g/mol. The third kappa shape index (κ3) is 8.06. The molecule has 0 aliphatic rings. The summed E-state index contributed by atoms with van der Waals surface area (Å²) >= 11 is 0. The Morgan fingerprint density at radius 2 is 1.40 bits per heavy atom. The fraction of sp³-hybridized carbons (Fsp3) is 0.350. The molecule has 0 aliphatic heterocycles. The minimum atomic E-state index is -1.98. The number of esters is 1. The van der Waals surface area contributed by atoms with Crippen LogP contribution in [0.3, 0.4) is 0 Å². The molecule has 0 aliphatic carbocycles. The van der Waals surface area contributed by atoms with E-state index in [0.717, 1.165) is 6.07 Å². The number of carbonyl (C=O) groups excluding carboxylic acids is 1. The molecule has 2 aromatic carbocycles. The SMILES string of the molecule is C[C@@H](C(=O)OCC(CO[N+](=O)[O-])(CO[N+](=O)[O-])CO[N+](=O)[O-])c1ccc(-c2ccccc2)c(F)c1. The van der Waals surface area contributed by atoms with E-state index >= 15 is 0 Å². The molecule has 0 unspecified atom stereocenters. The Balaban J connectivity index is 2.18. The number of hydrogen-bond donors (Lipinski definition) is 0. The molecular formula is C20H20FN3O11. The van der Waals surface area contributed by atoms with Crippen LogP contribution in [-0.2, 0) is 24.0 Å². The highest BCUT2D eigenvalue weighted by molar-refractivity contribution is 5.78. The van der Waals surface area contributed by atoms with Crippen LogP contribution in [-0.4, -0.2) is 47.7 Å². The second-order valence-electron chi connectivity index (χ2n) is 7.43. The highest BCUT2D eigenvalue weighted by Gasteiger charge is 2.38. The van der Waals surface area contributed by atoms with E-state index in [9.17, 15) is 39.5 Å².